The molecule has 0 aromatic rings. The molecule has 2 bridgehead atoms. The molecule has 0 heterocycles. The van der Waals surface area contributed by atoms with Crippen LogP contribution in [0.4, 0.5) is 0 Å². The minimum atomic E-state index is -1.14. The van der Waals surface area contributed by atoms with Crippen LogP contribution < -0.4 is 0 Å². The molecule has 0 amide bonds. The van der Waals surface area contributed by atoms with Crippen molar-refractivity contribution in [3.8, 4) is 0 Å². The van der Waals surface area contributed by atoms with Crippen LogP contribution in [0.5, 0.6) is 0 Å². The van der Waals surface area contributed by atoms with Crippen LogP contribution in [-0.2, 0) is 0 Å². The first kappa shape index (κ1) is 16.7. The third-order valence-electron chi connectivity index (χ3n) is 4.54. The second-order valence-corrected chi connectivity index (χ2v) is 9.75. The van der Waals surface area contributed by atoms with Crippen LogP contribution in [0, 0.1) is 16.7 Å². The highest BCUT2D eigenvalue weighted by atomic mass is 35.5. The van der Waals surface area contributed by atoms with Gasteiger partial charge in [-0.05, 0) is 12.8 Å². The van der Waals surface area contributed by atoms with E-state index in [2.05, 4.69) is 0 Å². The SMILES string of the molecule is ClCC1(CCl)C2CC(Cl)(Cl)C1(C(Cl)Cl)CC2(Cl)Cl. The summed E-state index contributed by atoms with van der Waals surface area (Å²) in [4.78, 5) is -0.852. The van der Waals surface area contributed by atoms with E-state index in [-0.39, 0.29) is 24.1 Å². The van der Waals surface area contributed by atoms with Crippen molar-refractivity contribution in [3.63, 3.8) is 0 Å². The Hall–Kier alpha value is 2.32. The molecule has 18 heavy (non-hydrogen) atoms. The quantitative estimate of drug-likeness (QED) is 0.497. The summed E-state index contributed by atoms with van der Waals surface area (Å²) in [6.07, 6.45) is 0.649. The van der Waals surface area contributed by atoms with E-state index in [1.807, 2.05) is 0 Å². The van der Waals surface area contributed by atoms with Crippen molar-refractivity contribution in [2.45, 2.75) is 26.3 Å². The summed E-state index contributed by atoms with van der Waals surface area (Å²) in [7, 11) is 0. The van der Waals surface area contributed by atoms with Crippen molar-refractivity contribution in [1.29, 1.82) is 0 Å². The second-order valence-electron chi connectivity index (χ2n) is 5.09. The van der Waals surface area contributed by atoms with E-state index in [1.54, 1.807) is 0 Å². The molecular weight excluding hydrogens is 404 g/mol. The van der Waals surface area contributed by atoms with Crippen LogP contribution in [0.1, 0.15) is 12.8 Å². The molecule has 2 saturated carbocycles. The molecule has 8 heteroatoms. The van der Waals surface area contributed by atoms with E-state index in [0.717, 1.165) is 0 Å². The molecule has 2 unspecified atom stereocenters. The number of hydrogen-bond donors (Lipinski definition) is 0. The van der Waals surface area contributed by atoms with Crippen LogP contribution in [0.25, 0.3) is 0 Å². The number of fused-ring (bicyclic) bond motifs is 2. The maximum Gasteiger partial charge on any atom is 0.127 e. The van der Waals surface area contributed by atoms with Gasteiger partial charge in [-0.2, -0.15) is 0 Å². The molecule has 0 nitrogen and oxygen atoms in total. The van der Waals surface area contributed by atoms with E-state index >= 15 is 0 Å². The molecule has 0 radical (unpaired) electrons. The van der Waals surface area contributed by atoms with Crippen LogP contribution in [0.3, 0.4) is 0 Å². The number of rotatable bonds is 3. The lowest BCUT2D eigenvalue weighted by molar-refractivity contribution is 0.145. The van der Waals surface area contributed by atoms with Crippen molar-refractivity contribution < 1.29 is 0 Å². The van der Waals surface area contributed by atoms with Gasteiger partial charge in [-0.25, -0.2) is 0 Å². The maximum atomic E-state index is 6.45. The summed E-state index contributed by atoms with van der Waals surface area (Å²) < 4.78 is -2.15. The average molecular weight is 414 g/mol. The van der Waals surface area contributed by atoms with E-state index in [0.29, 0.717) is 6.42 Å². The molecule has 0 aromatic carbocycles. The van der Waals surface area contributed by atoms with Crippen LogP contribution in [-0.4, -0.2) is 25.3 Å². The van der Waals surface area contributed by atoms with Crippen molar-refractivity contribution >= 4 is 92.8 Å². The fourth-order valence-electron chi connectivity index (χ4n) is 3.58. The Bertz CT molecular complexity index is 348. The van der Waals surface area contributed by atoms with Gasteiger partial charge >= 0.3 is 0 Å². The molecular formula is C10H10Cl8. The van der Waals surface area contributed by atoms with Crippen LogP contribution >= 0.6 is 92.8 Å². The van der Waals surface area contributed by atoms with Crippen molar-refractivity contribution in [2.75, 3.05) is 11.8 Å². The first-order valence-corrected chi connectivity index (χ1v) is 8.72. The summed E-state index contributed by atoms with van der Waals surface area (Å²) in [6.45, 7) is 0. The monoisotopic (exact) mass is 410 g/mol. The standard InChI is InChI=1S/C10H10Cl8/c11-3-7(4-12)5-1-10(17,18)8(7,6(13)14)2-9(5,15)16/h5-6H,1-4H2. The molecule has 2 rings (SSSR count). The molecule has 2 fully saturated rings. The molecule has 2 aliphatic carbocycles. The van der Waals surface area contributed by atoms with Gasteiger partial charge < -0.3 is 0 Å². The highest BCUT2D eigenvalue weighted by Crippen LogP contribution is 2.80. The van der Waals surface area contributed by atoms with Gasteiger partial charge in [0.15, 0.2) is 0 Å². The molecule has 2 atom stereocenters. The Kier molecular flexibility index (Phi) is 4.56. The third kappa shape index (κ3) is 1.80. The molecule has 0 spiro atoms. The Morgan fingerprint density at radius 2 is 1.50 bits per heavy atom. The minimum absolute atomic E-state index is 0.208. The Labute approximate surface area is 146 Å². The average Bonchev–Trinajstić information content (AvgIpc) is 2.57. The van der Waals surface area contributed by atoms with E-state index < -0.39 is 24.3 Å². The summed E-state index contributed by atoms with van der Waals surface area (Å²) in [5, 5.41) is 0. The topological polar surface area (TPSA) is 0 Å². The van der Waals surface area contributed by atoms with Gasteiger partial charge in [0.25, 0.3) is 0 Å². The van der Waals surface area contributed by atoms with Gasteiger partial charge in [0.2, 0.25) is 0 Å². The first-order valence-electron chi connectivity index (χ1n) is 5.27. The molecule has 0 N–H and O–H groups in total. The van der Waals surface area contributed by atoms with Gasteiger partial charge in [-0.15, -0.1) is 92.8 Å². The minimum Gasteiger partial charge on any atom is -0.126 e. The summed E-state index contributed by atoms with van der Waals surface area (Å²) in [5.41, 5.74) is -1.58. The molecule has 0 aliphatic heterocycles. The first-order chi connectivity index (χ1) is 8.11. The molecule has 0 saturated heterocycles. The lowest BCUT2D eigenvalue weighted by atomic mass is 9.70. The summed E-state index contributed by atoms with van der Waals surface area (Å²) >= 11 is 50.3. The van der Waals surface area contributed by atoms with Crippen molar-refractivity contribution in [3.05, 3.63) is 0 Å². The summed E-state index contributed by atoms with van der Waals surface area (Å²) in [5.74, 6) is 0.178. The zero-order chi connectivity index (χ0) is 14.0. The number of alkyl halides is 8. The third-order valence-corrected chi connectivity index (χ3v) is 8.02. The normalized spacial score (nSPS) is 39.5. The zero-order valence-corrected chi connectivity index (χ0v) is 15.1. The van der Waals surface area contributed by atoms with Gasteiger partial charge in [0.1, 0.15) is 13.5 Å². The van der Waals surface area contributed by atoms with Gasteiger partial charge in [0.05, 0.1) is 0 Å². The largest absolute Gasteiger partial charge is 0.127 e. The van der Waals surface area contributed by atoms with Gasteiger partial charge in [-0.1, -0.05) is 0 Å². The predicted octanol–water partition coefficient (Wildman–Crippen LogP) is 6.01. The van der Waals surface area contributed by atoms with Crippen molar-refractivity contribution in [1.82, 2.24) is 0 Å². The van der Waals surface area contributed by atoms with E-state index in [9.17, 15) is 0 Å². The Balaban J connectivity index is 2.66. The predicted molar refractivity (Wildman–Crippen MR) is 83.4 cm³/mol. The van der Waals surface area contributed by atoms with Crippen molar-refractivity contribution in [2.24, 2.45) is 16.7 Å². The van der Waals surface area contributed by atoms with Gasteiger partial charge in [-0.3, -0.25) is 0 Å². The van der Waals surface area contributed by atoms with E-state index in [1.165, 1.54) is 0 Å². The second kappa shape index (κ2) is 4.92. The summed E-state index contributed by atoms with van der Waals surface area (Å²) in [6, 6.07) is 0. The fourth-order valence-corrected chi connectivity index (χ4v) is 7.93. The Morgan fingerprint density at radius 3 is 1.83 bits per heavy atom. The number of hydrogen-bond acceptors (Lipinski definition) is 0. The Morgan fingerprint density at radius 1 is 1.00 bits per heavy atom. The number of halogens is 8. The highest BCUT2D eigenvalue weighted by molar-refractivity contribution is 6.54. The molecule has 2 aliphatic rings. The van der Waals surface area contributed by atoms with Gasteiger partial charge in [0, 0.05) is 28.5 Å². The van der Waals surface area contributed by atoms with Crippen LogP contribution in [0.2, 0.25) is 0 Å². The smallest absolute Gasteiger partial charge is 0.126 e. The molecule has 0 aromatic heterocycles. The van der Waals surface area contributed by atoms with Crippen LogP contribution in [0.15, 0.2) is 0 Å². The fraction of sp³-hybridized carbons (Fsp3) is 1.00. The zero-order valence-electron chi connectivity index (χ0n) is 9.01. The maximum absolute atomic E-state index is 6.45. The van der Waals surface area contributed by atoms with E-state index in [4.69, 9.17) is 92.8 Å². The lowest BCUT2D eigenvalue weighted by Gasteiger charge is -2.47. The molecule has 106 valence electrons. The highest BCUT2D eigenvalue weighted by Gasteiger charge is 2.81. The lowest BCUT2D eigenvalue weighted by Crippen LogP contribution is -2.51.